The monoisotopic (exact) mass is 396 g/mol. The number of aromatic nitrogens is 1. The Morgan fingerprint density at radius 1 is 1.00 bits per heavy atom. The summed E-state index contributed by atoms with van der Waals surface area (Å²) in [7, 11) is 1.68. The van der Waals surface area contributed by atoms with Crippen LogP contribution in [-0.2, 0) is 6.42 Å². The molecule has 2 N–H and O–H groups in total. The summed E-state index contributed by atoms with van der Waals surface area (Å²) in [5.41, 5.74) is 9.33. The van der Waals surface area contributed by atoms with Crippen LogP contribution in [0.15, 0.2) is 53.9 Å². The first-order chi connectivity index (χ1) is 13.5. The molecule has 4 nitrogen and oxygen atoms in total. The zero-order valence-electron chi connectivity index (χ0n) is 16.7. The van der Waals surface area contributed by atoms with Gasteiger partial charge >= 0.3 is 0 Å². The Labute approximate surface area is 171 Å². The number of nitrogens with zero attached hydrogens (tertiary/aromatic N) is 1. The third kappa shape index (κ3) is 5.49. The van der Waals surface area contributed by atoms with Crippen molar-refractivity contribution < 1.29 is 9.47 Å². The van der Waals surface area contributed by atoms with E-state index in [0.717, 1.165) is 36.6 Å². The summed E-state index contributed by atoms with van der Waals surface area (Å²) in [5, 5.41) is 2.65. The minimum absolute atomic E-state index is 0.146. The minimum atomic E-state index is 0.146. The Bertz CT molecular complexity index is 857. The fraction of sp³-hybridized carbons (Fsp3) is 0.348. The van der Waals surface area contributed by atoms with Gasteiger partial charge in [-0.05, 0) is 54.2 Å². The molecule has 0 aliphatic rings. The normalized spacial score (nSPS) is 12.1. The van der Waals surface area contributed by atoms with Gasteiger partial charge in [0.1, 0.15) is 11.5 Å². The van der Waals surface area contributed by atoms with Gasteiger partial charge in [-0.15, -0.1) is 11.3 Å². The van der Waals surface area contributed by atoms with Crippen molar-refractivity contribution in [2.24, 2.45) is 5.92 Å². The number of benzene rings is 2. The number of thiazole rings is 1. The van der Waals surface area contributed by atoms with Crippen molar-refractivity contribution in [1.29, 1.82) is 0 Å². The summed E-state index contributed by atoms with van der Waals surface area (Å²) in [6.07, 6.45) is 1.91. The molecule has 28 heavy (non-hydrogen) atoms. The number of rotatable bonds is 9. The van der Waals surface area contributed by atoms with Gasteiger partial charge in [0.2, 0.25) is 0 Å². The topological polar surface area (TPSA) is 57.4 Å². The molecule has 3 rings (SSSR count). The van der Waals surface area contributed by atoms with Gasteiger partial charge in [-0.25, -0.2) is 4.98 Å². The lowest BCUT2D eigenvalue weighted by Gasteiger charge is -2.17. The van der Waals surface area contributed by atoms with E-state index >= 15 is 0 Å². The molecule has 0 amide bonds. The van der Waals surface area contributed by atoms with Crippen LogP contribution in [0.2, 0.25) is 0 Å². The average Bonchev–Trinajstić information content (AvgIpc) is 3.13. The molecule has 0 bridgehead atoms. The Kier molecular flexibility index (Phi) is 6.93. The van der Waals surface area contributed by atoms with Crippen LogP contribution in [-0.4, -0.2) is 18.7 Å². The van der Waals surface area contributed by atoms with Gasteiger partial charge in [-0.1, -0.05) is 38.1 Å². The first kappa shape index (κ1) is 20.2. The van der Waals surface area contributed by atoms with E-state index in [1.807, 2.05) is 17.5 Å². The molecule has 1 heterocycles. The zero-order chi connectivity index (χ0) is 19.9. The standard InChI is InChI=1S/C23H28N2O2S/c1-16(2)12-13-27-20-8-4-17(5-9-20)14-21(22-15-28-23(24)25-22)18-6-10-19(26-3)11-7-18/h4-11,15-16,21H,12-14H2,1-3H3,(H2,24,25). The third-order valence-corrected chi connectivity index (χ3v) is 5.43. The minimum Gasteiger partial charge on any atom is -0.497 e. The molecule has 5 heteroatoms. The fourth-order valence-corrected chi connectivity index (χ4v) is 3.68. The average molecular weight is 397 g/mol. The van der Waals surface area contributed by atoms with E-state index in [-0.39, 0.29) is 5.92 Å². The number of anilines is 1. The van der Waals surface area contributed by atoms with Gasteiger partial charge in [-0.2, -0.15) is 0 Å². The Morgan fingerprint density at radius 2 is 1.68 bits per heavy atom. The summed E-state index contributed by atoms with van der Waals surface area (Å²) in [6, 6.07) is 16.6. The van der Waals surface area contributed by atoms with Crippen LogP contribution in [0.1, 0.15) is 43.0 Å². The highest BCUT2D eigenvalue weighted by Crippen LogP contribution is 2.31. The largest absolute Gasteiger partial charge is 0.497 e. The molecule has 1 unspecified atom stereocenters. The highest BCUT2D eigenvalue weighted by Gasteiger charge is 2.18. The molecular weight excluding hydrogens is 368 g/mol. The molecule has 1 atom stereocenters. The maximum Gasteiger partial charge on any atom is 0.180 e. The molecule has 0 radical (unpaired) electrons. The number of ether oxygens (including phenoxy) is 2. The summed E-state index contributed by atoms with van der Waals surface area (Å²) in [5.74, 6) is 2.56. The van der Waals surface area contributed by atoms with Crippen LogP contribution >= 0.6 is 11.3 Å². The molecule has 0 spiro atoms. The number of hydrogen-bond acceptors (Lipinski definition) is 5. The van der Waals surface area contributed by atoms with Gasteiger partial charge in [-0.3, -0.25) is 0 Å². The van der Waals surface area contributed by atoms with Crippen molar-refractivity contribution in [3.63, 3.8) is 0 Å². The third-order valence-electron chi connectivity index (χ3n) is 4.74. The van der Waals surface area contributed by atoms with Crippen LogP contribution in [0.25, 0.3) is 0 Å². The highest BCUT2D eigenvalue weighted by atomic mass is 32.1. The predicted molar refractivity (Wildman–Crippen MR) is 116 cm³/mol. The van der Waals surface area contributed by atoms with Crippen LogP contribution in [0.3, 0.4) is 0 Å². The van der Waals surface area contributed by atoms with Gasteiger partial charge in [0, 0.05) is 11.3 Å². The highest BCUT2D eigenvalue weighted by molar-refractivity contribution is 7.13. The summed E-state index contributed by atoms with van der Waals surface area (Å²) < 4.78 is 11.1. The molecule has 0 fully saturated rings. The second kappa shape index (κ2) is 9.60. The number of hydrogen-bond donors (Lipinski definition) is 1. The number of nitrogens with two attached hydrogens (primary N) is 1. The molecule has 0 aliphatic carbocycles. The maximum atomic E-state index is 5.89. The van der Waals surface area contributed by atoms with E-state index in [1.165, 1.54) is 22.5 Å². The van der Waals surface area contributed by atoms with Crippen molar-refractivity contribution in [1.82, 2.24) is 4.98 Å². The Balaban J connectivity index is 1.75. The molecule has 148 valence electrons. The molecule has 2 aromatic carbocycles. The second-order valence-corrected chi connectivity index (χ2v) is 8.21. The number of methoxy groups -OCH3 is 1. The van der Waals surface area contributed by atoms with E-state index in [4.69, 9.17) is 15.2 Å². The lowest BCUT2D eigenvalue weighted by Crippen LogP contribution is -2.06. The first-order valence-corrected chi connectivity index (χ1v) is 10.5. The fourth-order valence-electron chi connectivity index (χ4n) is 3.06. The summed E-state index contributed by atoms with van der Waals surface area (Å²) in [6.45, 7) is 5.16. The quantitative estimate of drug-likeness (QED) is 0.516. The van der Waals surface area contributed by atoms with E-state index in [0.29, 0.717) is 11.0 Å². The van der Waals surface area contributed by atoms with Crippen molar-refractivity contribution in [3.8, 4) is 11.5 Å². The van der Waals surface area contributed by atoms with Crippen LogP contribution < -0.4 is 15.2 Å². The van der Waals surface area contributed by atoms with E-state index in [2.05, 4.69) is 55.2 Å². The Hall–Kier alpha value is -2.53. The number of nitrogen functional groups attached to an aromatic ring is 1. The van der Waals surface area contributed by atoms with Crippen LogP contribution in [0, 0.1) is 5.92 Å². The smallest absolute Gasteiger partial charge is 0.180 e. The molecule has 0 saturated heterocycles. The lowest BCUT2D eigenvalue weighted by atomic mass is 9.89. The van der Waals surface area contributed by atoms with Crippen LogP contribution in [0.4, 0.5) is 5.13 Å². The van der Waals surface area contributed by atoms with Crippen LogP contribution in [0.5, 0.6) is 11.5 Å². The SMILES string of the molecule is COc1ccc(C(Cc2ccc(OCCC(C)C)cc2)c2csc(N)n2)cc1. The lowest BCUT2D eigenvalue weighted by molar-refractivity contribution is 0.289. The maximum absolute atomic E-state index is 5.89. The summed E-state index contributed by atoms with van der Waals surface area (Å²) in [4.78, 5) is 4.54. The predicted octanol–water partition coefficient (Wildman–Crippen LogP) is 5.53. The molecular formula is C23H28N2O2S. The first-order valence-electron chi connectivity index (χ1n) is 9.61. The molecule has 1 aromatic heterocycles. The van der Waals surface area contributed by atoms with E-state index in [1.54, 1.807) is 7.11 Å². The molecule has 0 aliphatic heterocycles. The zero-order valence-corrected chi connectivity index (χ0v) is 17.5. The van der Waals surface area contributed by atoms with Gasteiger partial charge in [0.25, 0.3) is 0 Å². The van der Waals surface area contributed by atoms with Crippen molar-refractivity contribution in [2.75, 3.05) is 19.5 Å². The molecule has 3 aromatic rings. The summed E-state index contributed by atoms with van der Waals surface area (Å²) >= 11 is 1.48. The Morgan fingerprint density at radius 3 is 2.25 bits per heavy atom. The second-order valence-electron chi connectivity index (χ2n) is 7.32. The van der Waals surface area contributed by atoms with E-state index in [9.17, 15) is 0 Å². The van der Waals surface area contributed by atoms with Crippen molar-refractivity contribution in [3.05, 3.63) is 70.7 Å². The van der Waals surface area contributed by atoms with Gasteiger partial charge in [0.15, 0.2) is 5.13 Å². The van der Waals surface area contributed by atoms with Gasteiger partial charge < -0.3 is 15.2 Å². The van der Waals surface area contributed by atoms with E-state index < -0.39 is 0 Å². The molecule has 0 saturated carbocycles. The van der Waals surface area contributed by atoms with Crippen molar-refractivity contribution >= 4 is 16.5 Å². The van der Waals surface area contributed by atoms with Crippen molar-refractivity contribution in [2.45, 2.75) is 32.6 Å². The van der Waals surface area contributed by atoms with Gasteiger partial charge in [0.05, 0.1) is 19.4 Å².